The number of hydrogen-bond acceptors (Lipinski definition) is 13. The first-order valence-electron chi connectivity index (χ1n) is 16.0. The quantitative estimate of drug-likeness (QED) is 0.149. The van der Waals surface area contributed by atoms with Gasteiger partial charge >= 0.3 is 5.97 Å². The van der Waals surface area contributed by atoms with E-state index in [1.807, 2.05) is 12.2 Å². The van der Waals surface area contributed by atoms with Crippen LogP contribution in [0, 0.1) is 5.92 Å². The van der Waals surface area contributed by atoms with Crippen molar-refractivity contribution in [2.24, 2.45) is 17.4 Å². The number of carbonyl (C=O) groups is 2. The largest absolute Gasteiger partial charge is 0.459 e. The molecular weight excluding hydrogens is 616 g/mol. The van der Waals surface area contributed by atoms with E-state index in [1.165, 1.54) is 6.08 Å². The monoisotopic (exact) mass is 664 g/mol. The van der Waals surface area contributed by atoms with E-state index in [0.717, 1.165) is 0 Å². The highest BCUT2D eigenvalue weighted by Gasteiger charge is 2.51. The third kappa shape index (κ3) is 10.6. The lowest BCUT2D eigenvalue weighted by molar-refractivity contribution is -0.306. The lowest BCUT2D eigenvalue weighted by atomic mass is 9.82. The third-order valence-corrected chi connectivity index (χ3v) is 8.62. The van der Waals surface area contributed by atoms with Gasteiger partial charge in [0.15, 0.2) is 12.1 Å². The molecule has 4 rings (SSSR count). The smallest absolute Gasteiger partial charge is 0.330 e. The molecule has 0 saturated carbocycles. The average molecular weight is 665 g/mol. The van der Waals surface area contributed by atoms with Gasteiger partial charge in [-0.15, -0.1) is 0 Å². The standard InChI is InChI=1S/C33H48N2O12/c1-18-10-8-6-4-3-5-7-9-11-21(45-32-30(40)28(34)29(39)19(2)44-32)15-25-27(31(35)41)22(37)17-33(42,47-25)16-20(36)14-24-23(46-24)12-13-26(38)43-18/h3-9,11-13,18-25,27-30,32,36-37,39-40,42H,10,14-17,34H2,1-2H3,(H2,35,41)/t18-,19-,20+,21+,22+,23-,24-,25+,27-,28+,29-,30+,32+,33-/m1/s1. The van der Waals surface area contributed by atoms with Gasteiger partial charge in [-0.1, -0.05) is 48.6 Å². The molecule has 3 fully saturated rings. The number of ether oxygens (including phenoxy) is 5. The molecule has 0 aromatic carbocycles. The van der Waals surface area contributed by atoms with Crippen LogP contribution in [-0.2, 0) is 33.3 Å². The Hall–Kier alpha value is -2.76. The Morgan fingerprint density at radius 1 is 0.936 bits per heavy atom. The van der Waals surface area contributed by atoms with E-state index >= 15 is 0 Å². The maximum Gasteiger partial charge on any atom is 0.330 e. The van der Waals surface area contributed by atoms with Crippen LogP contribution in [0.1, 0.15) is 46.0 Å². The number of cyclic esters (lactones) is 1. The summed E-state index contributed by atoms with van der Waals surface area (Å²) in [7, 11) is 0. The lowest BCUT2D eigenvalue weighted by Crippen LogP contribution is -2.61. The highest BCUT2D eigenvalue weighted by Crippen LogP contribution is 2.39. The molecule has 14 nitrogen and oxygen atoms in total. The number of nitrogens with two attached hydrogens (primary N) is 2. The maximum absolute atomic E-state index is 12.5. The number of primary amides is 1. The Kier molecular flexibility index (Phi) is 13.1. The molecule has 1 amide bonds. The molecule has 2 bridgehead atoms. The molecule has 0 aliphatic carbocycles. The molecule has 4 heterocycles. The summed E-state index contributed by atoms with van der Waals surface area (Å²) >= 11 is 0. The zero-order valence-corrected chi connectivity index (χ0v) is 26.6. The van der Waals surface area contributed by atoms with Gasteiger partial charge in [0.1, 0.15) is 18.3 Å². The van der Waals surface area contributed by atoms with Gasteiger partial charge in [-0.25, -0.2) is 4.79 Å². The zero-order chi connectivity index (χ0) is 34.3. The number of esters is 1. The molecule has 9 N–H and O–H groups in total. The molecule has 0 spiro atoms. The fourth-order valence-electron chi connectivity index (χ4n) is 6.05. The van der Waals surface area contributed by atoms with Gasteiger partial charge in [-0.3, -0.25) is 4.79 Å². The van der Waals surface area contributed by atoms with Crippen LogP contribution in [0.25, 0.3) is 0 Å². The molecule has 14 atom stereocenters. The number of fused-ring (bicyclic) bond motifs is 3. The van der Waals surface area contributed by atoms with Gasteiger partial charge in [-0.05, 0) is 19.9 Å². The molecule has 0 aromatic rings. The summed E-state index contributed by atoms with van der Waals surface area (Å²) in [6, 6.07) is -1.06. The van der Waals surface area contributed by atoms with Crippen molar-refractivity contribution in [3.63, 3.8) is 0 Å². The fourth-order valence-corrected chi connectivity index (χ4v) is 6.05. The average Bonchev–Trinajstić information content (AvgIpc) is 3.72. The number of aliphatic hydroxyl groups excluding tert-OH is 4. The lowest BCUT2D eigenvalue weighted by Gasteiger charge is -2.45. The first kappa shape index (κ1) is 37.1. The van der Waals surface area contributed by atoms with E-state index in [1.54, 1.807) is 56.4 Å². The van der Waals surface area contributed by atoms with Gasteiger partial charge in [0.25, 0.3) is 0 Å². The van der Waals surface area contributed by atoms with E-state index in [0.29, 0.717) is 6.42 Å². The van der Waals surface area contributed by atoms with Crippen LogP contribution in [-0.4, -0.2) is 117 Å². The summed E-state index contributed by atoms with van der Waals surface area (Å²) in [6.45, 7) is 3.36. The van der Waals surface area contributed by atoms with E-state index in [4.69, 9.17) is 35.2 Å². The predicted molar refractivity (Wildman–Crippen MR) is 167 cm³/mol. The molecule has 14 heteroatoms. The van der Waals surface area contributed by atoms with Crippen LogP contribution in [0.5, 0.6) is 0 Å². The van der Waals surface area contributed by atoms with Gasteiger partial charge in [0.2, 0.25) is 5.91 Å². The number of allylic oxidation sites excluding steroid dienone is 6. The first-order valence-corrected chi connectivity index (χ1v) is 16.0. The van der Waals surface area contributed by atoms with Crippen molar-refractivity contribution >= 4 is 11.9 Å². The normalized spacial score (nSPS) is 43.8. The molecule has 262 valence electrons. The molecule has 3 saturated heterocycles. The second-order valence-electron chi connectivity index (χ2n) is 12.6. The molecule has 47 heavy (non-hydrogen) atoms. The molecular formula is C33H48N2O12. The number of carbonyl (C=O) groups excluding carboxylic acids is 2. The van der Waals surface area contributed by atoms with Crippen LogP contribution in [0.3, 0.4) is 0 Å². The zero-order valence-electron chi connectivity index (χ0n) is 26.6. The maximum atomic E-state index is 12.5. The number of rotatable bonds is 3. The third-order valence-electron chi connectivity index (χ3n) is 8.62. The van der Waals surface area contributed by atoms with Gasteiger partial charge in [-0.2, -0.15) is 0 Å². The minimum absolute atomic E-state index is 0.104. The molecule has 4 aliphatic rings. The van der Waals surface area contributed by atoms with Crippen molar-refractivity contribution in [3.05, 3.63) is 60.8 Å². The summed E-state index contributed by atoms with van der Waals surface area (Å²) in [5, 5.41) is 54.1. The highest BCUT2D eigenvalue weighted by molar-refractivity contribution is 5.82. The molecule has 4 aliphatic heterocycles. The Balaban J connectivity index is 1.58. The second-order valence-corrected chi connectivity index (χ2v) is 12.6. The summed E-state index contributed by atoms with van der Waals surface area (Å²) in [5.41, 5.74) is 11.6. The number of hydrogen-bond donors (Lipinski definition) is 7. The fraction of sp³-hybridized carbons (Fsp3) is 0.636. The Morgan fingerprint density at radius 3 is 2.36 bits per heavy atom. The topological polar surface area (TPSA) is 237 Å². The SMILES string of the molecule is C[C@@H]1CC=CC=CC=CC=C[C@H](O[C@@H]2O[C@H](C)[C@@H](O)[C@H](N)[C@@H]2O)C[C@@H]2O[C@](O)(C[C@@H](O)C[C@H]3O[C@@H]3C=CC(=O)O1)C[C@H](O)[C@H]2C(N)=O. The summed E-state index contributed by atoms with van der Waals surface area (Å²) in [4.78, 5) is 24.7. The summed E-state index contributed by atoms with van der Waals surface area (Å²) in [5.74, 6) is -4.66. The number of aliphatic hydroxyl groups is 5. The Morgan fingerprint density at radius 2 is 1.64 bits per heavy atom. The second kappa shape index (κ2) is 16.6. The minimum atomic E-state index is -2.04. The van der Waals surface area contributed by atoms with E-state index < -0.39 is 97.3 Å². The van der Waals surface area contributed by atoms with Crippen LogP contribution >= 0.6 is 0 Å². The predicted octanol–water partition coefficient (Wildman–Crippen LogP) is -0.480. The highest BCUT2D eigenvalue weighted by atomic mass is 16.7. The summed E-state index contributed by atoms with van der Waals surface area (Å²) in [6.07, 6.45) is 6.16. The van der Waals surface area contributed by atoms with Gasteiger partial charge < -0.3 is 60.7 Å². The van der Waals surface area contributed by atoms with Crippen molar-refractivity contribution < 1.29 is 58.8 Å². The number of epoxide rings is 1. The number of amides is 1. The molecule has 0 unspecified atom stereocenters. The van der Waals surface area contributed by atoms with E-state index in [2.05, 4.69) is 0 Å². The van der Waals surface area contributed by atoms with Crippen molar-refractivity contribution in [2.75, 3.05) is 0 Å². The van der Waals surface area contributed by atoms with Crippen molar-refractivity contribution in [1.29, 1.82) is 0 Å². The van der Waals surface area contributed by atoms with Crippen LogP contribution in [0.2, 0.25) is 0 Å². The summed E-state index contributed by atoms with van der Waals surface area (Å²) < 4.78 is 28.7. The van der Waals surface area contributed by atoms with Crippen molar-refractivity contribution in [3.8, 4) is 0 Å². The van der Waals surface area contributed by atoms with E-state index in [9.17, 15) is 35.1 Å². The van der Waals surface area contributed by atoms with Crippen molar-refractivity contribution in [2.45, 2.75) is 125 Å². The van der Waals surface area contributed by atoms with Crippen LogP contribution in [0.15, 0.2) is 60.8 Å². The molecule has 0 aromatic heterocycles. The Bertz CT molecular complexity index is 1220. The van der Waals surface area contributed by atoms with E-state index in [-0.39, 0.29) is 25.4 Å². The van der Waals surface area contributed by atoms with Gasteiger partial charge in [0.05, 0.1) is 54.7 Å². The van der Waals surface area contributed by atoms with Gasteiger partial charge in [0, 0.05) is 38.2 Å². The van der Waals surface area contributed by atoms with Crippen molar-refractivity contribution in [1.82, 2.24) is 0 Å². The minimum Gasteiger partial charge on any atom is -0.459 e. The van der Waals surface area contributed by atoms with Crippen LogP contribution in [0.4, 0.5) is 0 Å². The van der Waals surface area contributed by atoms with Crippen LogP contribution < -0.4 is 11.5 Å². The first-order chi connectivity index (χ1) is 22.3. The Labute approximate surface area is 273 Å². The molecule has 0 radical (unpaired) electrons.